The molecule has 1 heterocycles. The van der Waals surface area contributed by atoms with Crippen LogP contribution in [0.1, 0.15) is 12.5 Å². The number of hydrogen-bond donors (Lipinski definition) is 3. The number of aliphatic hydroxyl groups excluding tert-OH is 1. The summed E-state index contributed by atoms with van der Waals surface area (Å²) in [7, 11) is 0. The third-order valence-corrected chi connectivity index (χ3v) is 2.90. The number of fused-ring (bicyclic) bond motifs is 1. The third kappa shape index (κ3) is 3.87. The summed E-state index contributed by atoms with van der Waals surface area (Å²) < 4.78 is 10.6. The maximum atomic E-state index is 9.11. The van der Waals surface area contributed by atoms with Crippen LogP contribution < -0.4 is 20.1 Å². The van der Waals surface area contributed by atoms with Crippen LogP contribution >= 0.6 is 0 Å². The predicted octanol–water partition coefficient (Wildman–Crippen LogP) is -1.58. The van der Waals surface area contributed by atoms with Gasteiger partial charge in [-0.05, 0) is 25.1 Å². The average molecular weight is 254 g/mol. The lowest BCUT2D eigenvalue weighted by Crippen LogP contribution is -2.95. The highest BCUT2D eigenvalue weighted by Gasteiger charge is 2.13. The van der Waals surface area contributed by atoms with Crippen LogP contribution in [0.3, 0.4) is 0 Å². The maximum absolute atomic E-state index is 9.11. The lowest BCUT2D eigenvalue weighted by atomic mass is 10.2. The molecule has 0 spiro atoms. The van der Waals surface area contributed by atoms with Crippen molar-refractivity contribution in [1.82, 2.24) is 0 Å². The first-order valence-electron chi connectivity index (χ1n) is 6.45. The van der Waals surface area contributed by atoms with Crippen molar-refractivity contribution in [2.24, 2.45) is 0 Å². The number of aliphatic hydroxyl groups is 1. The second-order valence-corrected chi connectivity index (χ2v) is 4.63. The molecule has 0 radical (unpaired) electrons. The normalized spacial score (nSPS) is 14.8. The largest absolute Gasteiger partial charge is 0.454 e. The molecule has 2 rings (SSSR count). The number of quaternary nitrogens is 2. The van der Waals surface area contributed by atoms with Crippen LogP contribution in [0.15, 0.2) is 18.2 Å². The summed E-state index contributed by atoms with van der Waals surface area (Å²) >= 11 is 0. The molecule has 0 unspecified atom stereocenters. The summed E-state index contributed by atoms with van der Waals surface area (Å²) in [5.74, 6) is 1.69. The highest BCUT2D eigenvalue weighted by Crippen LogP contribution is 2.32. The van der Waals surface area contributed by atoms with E-state index in [4.69, 9.17) is 14.6 Å². The first-order valence-corrected chi connectivity index (χ1v) is 6.45. The number of ether oxygens (including phenoxy) is 2. The predicted molar refractivity (Wildman–Crippen MR) is 66.4 cm³/mol. The molecule has 5 heteroatoms. The van der Waals surface area contributed by atoms with E-state index in [1.165, 1.54) is 5.56 Å². The molecule has 100 valence electrons. The molecule has 0 fully saturated rings. The Balaban J connectivity index is 1.65. The Morgan fingerprint density at radius 1 is 1.22 bits per heavy atom. The summed E-state index contributed by atoms with van der Waals surface area (Å²) in [6.07, 6.45) is -0.223. The number of nitrogens with two attached hydrogens (primary N) is 2. The summed E-state index contributed by atoms with van der Waals surface area (Å²) in [5, 5.41) is 13.5. The zero-order valence-corrected chi connectivity index (χ0v) is 10.8. The molecule has 1 aliphatic rings. The van der Waals surface area contributed by atoms with Crippen molar-refractivity contribution in [1.29, 1.82) is 0 Å². The zero-order valence-electron chi connectivity index (χ0n) is 10.8. The molecule has 0 aromatic heterocycles. The van der Waals surface area contributed by atoms with Gasteiger partial charge in [0.05, 0.1) is 6.10 Å². The smallest absolute Gasteiger partial charge is 0.231 e. The van der Waals surface area contributed by atoms with Gasteiger partial charge in [-0.2, -0.15) is 0 Å². The molecule has 1 aliphatic heterocycles. The summed E-state index contributed by atoms with van der Waals surface area (Å²) in [6.45, 7) is 5.93. The Bertz CT molecular complexity index is 382. The zero-order chi connectivity index (χ0) is 12.8. The van der Waals surface area contributed by atoms with E-state index in [-0.39, 0.29) is 6.10 Å². The van der Waals surface area contributed by atoms with Gasteiger partial charge < -0.3 is 25.2 Å². The fraction of sp³-hybridized carbons (Fsp3) is 0.538. The van der Waals surface area contributed by atoms with Gasteiger partial charge in [0, 0.05) is 5.56 Å². The van der Waals surface area contributed by atoms with E-state index in [1.54, 1.807) is 0 Å². The van der Waals surface area contributed by atoms with Gasteiger partial charge in [0.15, 0.2) is 11.5 Å². The molecule has 0 saturated carbocycles. The summed E-state index contributed by atoms with van der Waals surface area (Å²) in [4.78, 5) is 0. The number of hydrogen-bond acceptors (Lipinski definition) is 3. The van der Waals surface area contributed by atoms with E-state index < -0.39 is 0 Å². The van der Waals surface area contributed by atoms with E-state index in [1.807, 2.05) is 19.1 Å². The van der Waals surface area contributed by atoms with E-state index in [9.17, 15) is 0 Å². The minimum Gasteiger partial charge on any atom is -0.454 e. The molecule has 1 aromatic rings. The standard InChI is InChI=1S/C13H20N2O3/c1-10(16)7-14-4-5-15-8-11-2-3-12-13(6-11)18-9-17-12/h2-3,6,10,14-16H,4-5,7-9H2,1H3/p+2/t10-/m0/s1. The summed E-state index contributed by atoms with van der Waals surface area (Å²) in [6, 6.07) is 6.08. The van der Waals surface area contributed by atoms with E-state index in [0.717, 1.165) is 37.7 Å². The molecule has 0 aliphatic carbocycles. The molecule has 0 saturated heterocycles. The Morgan fingerprint density at radius 3 is 2.83 bits per heavy atom. The van der Waals surface area contributed by atoms with Gasteiger partial charge in [-0.15, -0.1) is 0 Å². The van der Waals surface area contributed by atoms with Crippen LogP contribution in [0.4, 0.5) is 0 Å². The molecule has 0 bridgehead atoms. The van der Waals surface area contributed by atoms with Crippen molar-refractivity contribution in [3.8, 4) is 11.5 Å². The van der Waals surface area contributed by atoms with Gasteiger partial charge in [-0.3, -0.25) is 0 Å². The molecule has 5 N–H and O–H groups in total. The highest BCUT2D eigenvalue weighted by atomic mass is 16.7. The van der Waals surface area contributed by atoms with Gasteiger partial charge in [-0.25, -0.2) is 0 Å². The van der Waals surface area contributed by atoms with Crippen molar-refractivity contribution in [2.45, 2.75) is 19.6 Å². The highest BCUT2D eigenvalue weighted by molar-refractivity contribution is 5.44. The maximum Gasteiger partial charge on any atom is 0.231 e. The van der Waals surface area contributed by atoms with Crippen molar-refractivity contribution in [3.05, 3.63) is 23.8 Å². The van der Waals surface area contributed by atoms with Gasteiger partial charge in [0.1, 0.15) is 26.2 Å². The van der Waals surface area contributed by atoms with E-state index in [0.29, 0.717) is 6.79 Å². The van der Waals surface area contributed by atoms with Crippen LogP contribution in [-0.2, 0) is 6.54 Å². The second-order valence-electron chi connectivity index (χ2n) is 4.63. The Labute approximate surface area is 107 Å². The Morgan fingerprint density at radius 2 is 2.00 bits per heavy atom. The third-order valence-electron chi connectivity index (χ3n) is 2.90. The fourth-order valence-corrected chi connectivity index (χ4v) is 1.93. The molecule has 1 atom stereocenters. The lowest BCUT2D eigenvalue weighted by Gasteiger charge is -2.04. The van der Waals surface area contributed by atoms with E-state index in [2.05, 4.69) is 16.7 Å². The Hall–Kier alpha value is -1.30. The summed E-state index contributed by atoms with van der Waals surface area (Å²) in [5.41, 5.74) is 1.25. The van der Waals surface area contributed by atoms with Crippen molar-refractivity contribution >= 4 is 0 Å². The quantitative estimate of drug-likeness (QED) is 0.514. The van der Waals surface area contributed by atoms with Gasteiger partial charge >= 0.3 is 0 Å². The Kier molecular flexibility index (Phi) is 4.81. The van der Waals surface area contributed by atoms with Crippen molar-refractivity contribution in [2.75, 3.05) is 26.4 Å². The van der Waals surface area contributed by atoms with E-state index >= 15 is 0 Å². The monoisotopic (exact) mass is 254 g/mol. The van der Waals surface area contributed by atoms with Crippen LogP contribution in [0, 0.1) is 0 Å². The molecule has 1 aromatic carbocycles. The van der Waals surface area contributed by atoms with Crippen molar-refractivity contribution < 1.29 is 25.2 Å². The SMILES string of the molecule is C[C@H](O)C[NH2+]CC[NH2+]Cc1ccc2c(c1)OCO2. The van der Waals surface area contributed by atoms with Crippen LogP contribution in [0.5, 0.6) is 11.5 Å². The first-order chi connectivity index (χ1) is 8.75. The van der Waals surface area contributed by atoms with Crippen LogP contribution in [0.2, 0.25) is 0 Å². The lowest BCUT2D eigenvalue weighted by molar-refractivity contribution is -0.733. The average Bonchev–Trinajstić information content (AvgIpc) is 2.80. The van der Waals surface area contributed by atoms with Crippen molar-refractivity contribution in [3.63, 3.8) is 0 Å². The molecular formula is C13H22N2O3+2. The molecule has 5 nitrogen and oxygen atoms in total. The topological polar surface area (TPSA) is 71.9 Å². The molecule has 18 heavy (non-hydrogen) atoms. The van der Waals surface area contributed by atoms with Gasteiger partial charge in [0.25, 0.3) is 0 Å². The fourth-order valence-electron chi connectivity index (χ4n) is 1.93. The minimum absolute atomic E-state index is 0.223. The minimum atomic E-state index is -0.223. The number of benzene rings is 1. The molecular weight excluding hydrogens is 232 g/mol. The molecule has 0 amide bonds. The van der Waals surface area contributed by atoms with Crippen LogP contribution in [-0.4, -0.2) is 37.6 Å². The van der Waals surface area contributed by atoms with Gasteiger partial charge in [0.2, 0.25) is 6.79 Å². The number of rotatable bonds is 7. The second kappa shape index (κ2) is 6.58. The van der Waals surface area contributed by atoms with Gasteiger partial charge in [-0.1, -0.05) is 0 Å². The van der Waals surface area contributed by atoms with Crippen LogP contribution in [0.25, 0.3) is 0 Å². The first kappa shape index (κ1) is 13.1.